The molecule has 11 heavy (non-hydrogen) atoms. The number of hydrogen-bond acceptors (Lipinski definition) is 3. The summed E-state index contributed by atoms with van der Waals surface area (Å²) in [5.41, 5.74) is 0. The number of sulfone groups is 1. The average Bonchev–Trinajstić information content (AvgIpc) is 2.38. The minimum atomic E-state index is -2.66. The van der Waals surface area contributed by atoms with E-state index in [0.29, 0.717) is 11.0 Å². The lowest BCUT2D eigenvalue weighted by Gasteiger charge is -2.30. The molecule has 0 amide bonds. The van der Waals surface area contributed by atoms with Crippen LogP contribution in [0.3, 0.4) is 0 Å². The molecular weight excluding hydrogens is 180 g/mol. The first-order chi connectivity index (χ1) is 5.20. The van der Waals surface area contributed by atoms with Crippen molar-refractivity contribution >= 4 is 21.6 Å². The Labute approximate surface area is 71.7 Å². The van der Waals surface area contributed by atoms with Crippen LogP contribution in [0.4, 0.5) is 0 Å². The van der Waals surface area contributed by atoms with Crippen LogP contribution in [-0.4, -0.2) is 30.4 Å². The zero-order valence-corrected chi connectivity index (χ0v) is 7.83. The minimum absolute atomic E-state index is 0.0324. The monoisotopic (exact) mass is 191 g/mol. The fraction of sp³-hybridized carbons (Fsp3) is 0.857. The van der Waals surface area contributed by atoms with Crippen LogP contribution in [0.5, 0.6) is 0 Å². The summed E-state index contributed by atoms with van der Waals surface area (Å²) in [6.45, 7) is 0. The Morgan fingerprint density at radius 1 is 1.45 bits per heavy atom. The van der Waals surface area contributed by atoms with Crippen molar-refractivity contribution in [3.05, 3.63) is 6.42 Å². The van der Waals surface area contributed by atoms with E-state index in [2.05, 4.69) is 6.42 Å². The molecule has 2 unspecified atom stereocenters. The van der Waals surface area contributed by atoms with E-state index in [0.717, 1.165) is 18.6 Å². The summed E-state index contributed by atoms with van der Waals surface area (Å²) in [6, 6.07) is 0. The van der Waals surface area contributed by atoms with Crippen molar-refractivity contribution < 1.29 is 8.42 Å². The highest BCUT2D eigenvalue weighted by molar-refractivity contribution is 8.02. The van der Waals surface area contributed by atoms with Crippen LogP contribution >= 0.6 is 11.8 Å². The molecule has 0 saturated carbocycles. The molecular formula is C7H11O2S2. The largest absolute Gasteiger partial charge is 0.229 e. The summed E-state index contributed by atoms with van der Waals surface area (Å²) in [4.78, 5) is 0. The first-order valence-electron chi connectivity index (χ1n) is 3.87. The lowest BCUT2D eigenvalue weighted by molar-refractivity contribution is 0.547. The van der Waals surface area contributed by atoms with Gasteiger partial charge in [-0.2, -0.15) is 11.8 Å². The Morgan fingerprint density at radius 3 is 2.64 bits per heavy atom. The predicted octanol–water partition coefficient (Wildman–Crippen LogP) is 0.883. The van der Waals surface area contributed by atoms with Crippen molar-refractivity contribution in [2.45, 2.75) is 23.3 Å². The molecule has 0 aliphatic carbocycles. The summed E-state index contributed by atoms with van der Waals surface area (Å²) in [6.07, 6.45) is 4.13. The first kappa shape index (κ1) is 7.92. The minimum Gasteiger partial charge on any atom is -0.229 e. The van der Waals surface area contributed by atoms with Crippen molar-refractivity contribution in [1.82, 2.24) is 0 Å². The topological polar surface area (TPSA) is 34.1 Å². The molecule has 0 N–H and O–H groups in total. The molecule has 0 spiro atoms. The van der Waals surface area contributed by atoms with Gasteiger partial charge in [-0.25, -0.2) is 8.42 Å². The number of rotatable bonds is 1. The molecule has 0 aromatic rings. The molecule has 1 radical (unpaired) electrons. The van der Waals surface area contributed by atoms with Gasteiger partial charge in [0, 0.05) is 5.25 Å². The summed E-state index contributed by atoms with van der Waals surface area (Å²) >= 11 is 1.79. The lowest BCUT2D eigenvalue weighted by atomic mass is 10.1. The van der Waals surface area contributed by atoms with Gasteiger partial charge in [-0.3, -0.25) is 0 Å². The average molecular weight is 191 g/mol. The first-order valence-corrected chi connectivity index (χ1v) is 6.63. The number of thioether (sulfide) groups is 1. The summed E-state index contributed by atoms with van der Waals surface area (Å²) in [7, 11) is -2.66. The molecule has 2 aliphatic heterocycles. The van der Waals surface area contributed by atoms with Gasteiger partial charge in [0.1, 0.15) is 0 Å². The van der Waals surface area contributed by atoms with Gasteiger partial charge in [-0.05, 0) is 25.0 Å². The van der Waals surface area contributed by atoms with E-state index in [1.54, 1.807) is 11.8 Å². The molecule has 2 atom stereocenters. The standard InChI is InChI=1S/C7H11O2S2/c8-11(9)5-3-7(11)6-2-1-4-10-6/h2,6-7H,1,3-5H2. The van der Waals surface area contributed by atoms with E-state index >= 15 is 0 Å². The quantitative estimate of drug-likeness (QED) is 0.617. The van der Waals surface area contributed by atoms with Crippen LogP contribution in [0, 0.1) is 6.42 Å². The Morgan fingerprint density at radius 2 is 2.27 bits per heavy atom. The van der Waals surface area contributed by atoms with Gasteiger partial charge >= 0.3 is 0 Å². The lowest BCUT2D eigenvalue weighted by Crippen LogP contribution is -2.43. The second kappa shape index (κ2) is 2.66. The maximum absolute atomic E-state index is 11.2. The van der Waals surface area contributed by atoms with E-state index in [1.807, 2.05) is 0 Å². The molecule has 2 nitrogen and oxygen atoms in total. The molecule has 4 heteroatoms. The molecule has 0 aromatic carbocycles. The van der Waals surface area contributed by atoms with Gasteiger partial charge in [0.2, 0.25) is 0 Å². The highest BCUT2D eigenvalue weighted by Crippen LogP contribution is 2.37. The van der Waals surface area contributed by atoms with Crippen molar-refractivity contribution in [2.24, 2.45) is 0 Å². The highest BCUT2D eigenvalue weighted by atomic mass is 32.2. The predicted molar refractivity (Wildman–Crippen MR) is 47.4 cm³/mol. The molecule has 2 rings (SSSR count). The molecule has 0 bridgehead atoms. The molecule has 2 heterocycles. The third-order valence-electron chi connectivity index (χ3n) is 2.34. The molecule has 0 aromatic heterocycles. The summed E-state index contributed by atoms with van der Waals surface area (Å²) < 4.78 is 22.3. The fourth-order valence-corrected chi connectivity index (χ4v) is 4.90. The van der Waals surface area contributed by atoms with Crippen LogP contribution in [0.25, 0.3) is 0 Å². The highest BCUT2D eigenvalue weighted by Gasteiger charge is 2.42. The van der Waals surface area contributed by atoms with Gasteiger partial charge in [-0.15, -0.1) is 0 Å². The van der Waals surface area contributed by atoms with Crippen molar-refractivity contribution in [3.8, 4) is 0 Å². The second-order valence-electron chi connectivity index (χ2n) is 3.05. The van der Waals surface area contributed by atoms with Crippen LogP contribution < -0.4 is 0 Å². The van der Waals surface area contributed by atoms with E-state index < -0.39 is 9.84 Å². The van der Waals surface area contributed by atoms with Gasteiger partial charge in [0.15, 0.2) is 9.84 Å². The van der Waals surface area contributed by atoms with Crippen molar-refractivity contribution in [3.63, 3.8) is 0 Å². The van der Waals surface area contributed by atoms with Crippen molar-refractivity contribution in [1.29, 1.82) is 0 Å². The zero-order valence-electron chi connectivity index (χ0n) is 6.19. The van der Waals surface area contributed by atoms with E-state index in [9.17, 15) is 8.42 Å². The van der Waals surface area contributed by atoms with Crippen LogP contribution in [-0.2, 0) is 9.84 Å². The number of hydrogen-bond donors (Lipinski definition) is 0. The van der Waals surface area contributed by atoms with Crippen LogP contribution in [0.1, 0.15) is 12.8 Å². The van der Waals surface area contributed by atoms with Gasteiger partial charge in [0.05, 0.1) is 11.0 Å². The summed E-state index contributed by atoms with van der Waals surface area (Å²) in [5, 5.41) is 0.281. The Balaban J connectivity index is 2.06. The Hall–Kier alpha value is 0.300. The maximum atomic E-state index is 11.2. The van der Waals surface area contributed by atoms with Crippen LogP contribution in [0.15, 0.2) is 0 Å². The molecule has 2 aliphatic rings. The molecule has 2 fully saturated rings. The third kappa shape index (κ3) is 1.31. The third-order valence-corrected chi connectivity index (χ3v) is 6.15. The zero-order chi connectivity index (χ0) is 7.90. The normalized spacial score (nSPS) is 41.8. The second-order valence-corrected chi connectivity index (χ2v) is 6.68. The Bertz CT molecular complexity index is 239. The fourth-order valence-electron chi connectivity index (χ4n) is 1.58. The molecule has 63 valence electrons. The SMILES string of the molecule is O=S1(=O)CCC1C1[CH]CCS1. The van der Waals surface area contributed by atoms with E-state index in [1.165, 1.54) is 0 Å². The van der Waals surface area contributed by atoms with Gasteiger partial charge in [-0.1, -0.05) is 0 Å². The van der Waals surface area contributed by atoms with E-state index in [-0.39, 0.29) is 5.25 Å². The Kier molecular flexibility index (Phi) is 1.92. The smallest absolute Gasteiger partial charge is 0.154 e. The van der Waals surface area contributed by atoms with Gasteiger partial charge < -0.3 is 0 Å². The van der Waals surface area contributed by atoms with Gasteiger partial charge in [0.25, 0.3) is 0 Å². The van der Waals surface area contributed by atoms with Crippen LogP contribution in [0.2, 0.25) is 0 Å². The summed E-state index contributed by atoms with van der Waals surface area (Å²) in [5.74, 6) is 1.53. The maximum Gasteiger partial charge on any atom is 0.154 e. The molecule has 2 saturated heterocycles. The van der Waals surface area contributed by atoms with E-state index in [4.69, 9.17) is 0 Å². The van der Waals surface area contributed by atoms with Crippen molar-refractivity contribution in [2.75, 3.05) is 11.5 Å².